The molecule has 2 aromatic carbocycles. The Kier molecular flexibility index (Phi) is 7.47. The lowest BCUT2D eigenvalue weighted by molar-refractivity contribution is -0.115. The van der Waals surface area contributed by atoms with Crippen LogP contribution >= 0.6 is 11.6 Å². The van der Waals surface area contributed by atoms with Crippen LogP contribution in [0.2, 0.25) is 5.02 Å². The SMILES string of the molecule is CC(=O)Nn1c(-c2cccc(Cl)c2)nc2ccc(OCCCN3CCCC3)c(C(C)(C)C)c2c1=O. The van der Waals surface area contributed by atoms with Crippen LogP contribution in [0, 0.1) is 0 Å². The molecule has 0 bridgehead atoms. The largest absolute Gasteiger partial charge is 0.493 e. The molecule has 1 aromatic heterocycles. The zero-order chi connectivity index (χ0) is 25.2. The number of nitrogens with one attached hydrogen (secondary N) is 1. The van der Waals surface area contributed by atoms with Crippen LogP contribution in [0.15, 0.2) is 41.2 Å². The van der Waals surface area contributed by atoms with E-state index in [2.05, 4.69) is 10.3 Å². The first-order valence-corrected chi connectivity index (χ1v) is 12.5. The third kappa shape index (κ3) is 5.68. The second-order valence-corrected chi connectivity index (χ2v) is 10.5. The summed E-state index contributed by atoms with van der Waals surface area (Å²) in [5, 5.41) is 0.952. The van der Waals surface area contributed by atoms with Crippen molar-refractivity contribution in [3.05, 3.63) is 57.3 Å². The standard InChI is InChI=1S/C27H33ClN4O3/c1-18(33)30-32-25(19-9-7-10-20(28)17-19)29-21-11-12-22(24(27(2,3)4)23(21)26(32)34)35-16-8-15-31-13-5-6-14-31/h7,9-12,17H,5-6,8,13-16H2,1-4H3,(H,30,33). The topological polar surface area (TPSA) is 76.5 Å². The van der Waals surface area contributed by atoms with Crippen LogP contribution in [0.25, 0.3) is 22.3 Å². The summed E-state index contributed by atoms with van der Waals surface area (Å²) in [5.74, 6) is 0.623. The number of rotatable bonds is 7. The monoisotopic (exact) mass is 496 g/mol. The van der Waals surface area contributed by atoms with Gasteiger partial charge in [0.05, 0.1) is 17.5 Å². The smallest absolute Gasteiger partial charge is 0.281 e. The molecule has 0 saturated carbocycles. The lowest BCUT2D eigenvalue weighted by Gasteiger charge is -2.25. The van der Waals surface area contributed by atoms with Crippen molar-refractivity contribution in [1.29, 1.82) is 0 Å². The molecular formula is C27H33ClN4O3. The summed E-state index contributed by atoms with van der Waals surface area (Å²) in [6.07, 6.45) is 3.46. The Morgan fingerprint density at radius 2 is 1.91 bits per heavy atom. The molecule has 0 spiro atoms. The number of hydrogen-bond donors (Lipinski definition) is 1. The summed E-state index contributed by atoms with van der Waals surface area (Å²) in [5.41, 5.74) is 3.85. The minimum atomic E-state index is -0.393. The summed E-state index contributed by atoms with van der Waals surface area (Å²) in [4.78, 5) is 33.2. The van der Waals surface area contributed by atoms with Crippen molar-refractivity contribution in [2.45, 2.75) is 52.4 Å². The van der Waals surface area contributed by atoms with Crippen molar-refractivity contribution < 1.29 is 9.53 Å². The number of nitrogens with zero attached hydrogens (tertiary/aromatic N) is 3. The molecule has 1 saturated heterocycles. The van der Waals surface area contributed by atoms with Crippen LogP contribution in [0.4, 0.5) is 0 Å². The summed E-state index contributed by atoms with van der Waals surface area (Å²) in [7, 11) is 0. The van der Waals surface area contributed by atoms with E-state index in [1.807, 2.05) is 32.9 Å². The fourth-order valence-electron chi connectivity index (χ4n) is 4.68. The number of halogens is 1. The third-order valence-corrected chi connectivity index (χ3v) is 6.41. The zero-order valence-electron chi connectivity index (χ0n) is 20.9. The zero-order valence-corrected chi connectivity index (χ0v) is 21.6. The fourth-order valence-corrected chi connectivity index (χ4v) is 4.87. The molecule has 1 aliphatic rings. The fraction of sp³-hybridized carbons (Fsp3) is 0.444. The van der Waals surface area contributed by atoms with E-state index in [9.17, 15) is 9.59 Å². The Balaban J connectivity index is 1.80. The maximum absolute atomic E-state index is 13.9. The number of ether oxygens (including phenoxy) is 1. The first-order valence-electron chi connectivity index (χ1n) is 12.1. The van der Waals surface area contributed by atoms with Crippen molar-refractivity contribution in [2.75, 3.05) is 31.7 Å². The first kappa shape index (κ1) is 25.2. The number of hydrogen-bond acceptors (Lipinski definition) is 5. The minimum Gasteiger partial charge on any atom is -0.493 e. The van der Waals surface area contributed by atoms with Gasteiger partial charge in [-0.15, -0.1) is 0 Å². The van der Waals surface area contributed by atoms with Gasteiger partial charge >= 0.3 is 0 Å². The second kappa shape index (κ2) is 10.4. The minimum absolute atomic E-state index is 0.319. The van der Waals surface area contributed by atoms with E-state index in [4.69, 9.17) is 21.3 Å². The third-order valence-electron chi connectivity index (χ3n) is 6.18. The number of amides is 1. The van der Waals surface area contributed by atoms with E-state index < -0.39 is 5.41 Å². The van der Waals surface area contributed by atoms with Gasteiger partial charge in [-0.2, -0.15) is 4.68 Å². The van der Waals surface area contributed by atoms with Gasteiger partial charge < -0.3 is 9.64 Å². The number of carbonyl (C=O) groups is 1. The molecule has 7 nitrogen and oxygen atoms in total. The molecule has 0 atom stereocenters. The van der Waals surface area contributed by atoms with Gasteiger partial charge in [0, 0.05) is 29.6 Å². The summed E-state index contributed by atoms with van der Waals surface area (Å²) in [6, 6.07) is 10.8. The molecule has 3 aromatic rings. The van der Waals surface area contributed by atoms with Crippen LogP contribution in [0.1, 0.15) is 52.5 Å². The highest BCUT2D eigenvalue weighted by molar-refractivity contribution is 6.30. The van der Waals surface area contributed by atoms with E-state index in [0.717, 1.165) is 31.6 Å². The lowest BCUT2D eigenvalue weighted by atomic mass is 9.84. The Labute approximate surface area is 211 Å². The van der Waals surface area contributed by atoms with Crippen molar-refractivity contribution in [3.8, 4) is 17.1 Å². The van der Waals surface area contributed by atoms with Crippen LogP contribution in [-0.2, 0) is 10.2 Å². The predicted molar refractivity (Wildman–Crippen MR) is 141 cm³/mol. The molecular weight excluding hydrogens is 464 g/mol. The maximum Gasteiger partial charge on any atom is 0.281 e. The van der Waals surface area contributed by atoms with Gasteiger partial charge in [-0.25, -0.2) is 4.98 Å². The summed E-state index contributed by atoms with van der Waals surface area (Å²) >= 11 is 6.20. The highest BCUT2D eigenvalue weighted by Gasteiger charge is 2.27. The number of carbonyl (C=O) groups excluding carboxylic acids is 1. The van der Waals surface area contributed by atoms with Gasteiger partial charge in [-0.3, -0.25) is 15.0 Å². The molecule has 8 heteroatoms. The number of aromatic nitrogens is 2. The molecule has 1 aliphatic heterocycles. The second-order valence-electron chi connectivity index (χ2n) is 10.1. The van der Waals surface area contributed by atoms with E-state index >= 15 is 0 Å². The average Bonchev–Trinajstić information content (AvgIpc) is 3.31. The van der Waals surface area contributed by atoms with Gasteiger partial charge in [-0.05, 0) is 62.0 Å². The van der Waals surface area contributed by atoms with Gasteiger partial charge in [0.1, 0.15) is 5.75 Å². The Morgan fingerprint density at radius 3 is 2.57 bits per heavy atom. The number of fused-ring (bicyclic) bond motifs is 1. The maximum atomic E-state index is 13.9. The van der Waals surface area contributed by atoms with Gasteiger partial charge in [0.25, 0.3) is 5.56 Å². The van der Waals surface area contributed by atoms with Crippen LogP contribution in [0.3, 0.4) is 0 Å². The predicted octanol–water partition coefficient (Wildman–Crippen LogP) is 4.97. The van der Waals surface area contributed by atoms with Gasteiger partial charge in [0.15, 0.2) is 5.82 Å². The first-order chi connectivity index (χ1) is 16.6. The lowest BCUT2D eigenvalue weighted by Crippen LogP contribution is -2.35. The Hall–Kier alpha value is -2.90. The normalized spacial score (nSPS) is 14.4. The number of benzene rings is 2. The molecule has 1 amide bonds. The van der Waals surface area contributed by atoms with E-state index in [0.29, 0.717) is 39.7 Å². The average molecular weight is 497 g/mol. The molecule has 1 fully saturated rings. The van der Waals surface area contributed by atoms with Crippen molar-refractivity contribution in [1.82, 2.24) is 14.6 Å². The molecule has 4 rings (SSSR count). The number of likely N-dealkylation sites (tertiary alicyclic amines) is 1. The molecule has 0 aliphatic carbocycles. The quantitative estimate of drug-likeness (QED) is 0.467. The summed E-state index contributed by atoms with van der Waals surface area (Å²) < 4.78 is 7.44. The van der Waals surface area contributed by atoms with Gasteiger partial charge in [-0.1, -0.05) is 44.5 Å². The molecule has 0 unspecified atom stereocenters. The van der Waals surface area contributed by atoms with Crippen LogP contribution in [0.5, 0.6) is 5.75 Å². The van der Waals surface area contributed by atoms with Gasteiger partial charge in [0.2, 0.25) is 5.91 Å². The molecule has 1 N–H and O–H groups in total. The summed E-state index contributed by atoms with van der Waals surface area (Å²) in [6.45, 7) is 11.4. The Morgan fingerprint density at radius 1 is 1.17 bits per heavy atom. The van der Waals surface area contributed by atoms with E-state index in [1.165, 1.54) is 24.4 Å². The Bertz CT molecular complexity index is 1290. The van der Waals surface area contributed by atoms with E-state index in [1.54, 1.807) is 24.3 Å². The molecule has 2 heterocycles. The highest BCUT2D eigenvalue weighted by atomic mass is 35.5. The van der Waals surface area contributed by atoms with Crippen LogP contribution in [-0.4, -0.2) is 46.7 Å². The molecule has 0 radical (unpaired) electrons. The van der Waals surface area contributed by atoms with E-state index in [-0.39, 0.29) is 11.5 Å². The van der Waals surface area contributed by atoms with Crippen LogP contribution < -0.4 is 15.7 Å². The van der Waals surface area contributed by atoms with Crippen molar-refractivity contribution in [3.63, 3.8) is 0 Å². The molecule has 186 valence electrons. The van der Waals surface area contributed by atoms with Crippen molar-refractivity contribution >= 4 is 28.4 Å². The van der Waals surface area contributed by atoms with Crippen molar-refractivity contribution in [2.24, 2.45) is 0 Å². The highest BCUT2D eigenvalue weighted by Crippen LogP contribution is 2.36. The molecule has 35 heavy (non-hydrogen) atoms.